The molecule has 4 nitrogen and oxygen atoms in total. The maximum absolute atomic E-state index is 5.74. The van der Waals surface area contributed by atoms with Crippen LogP contribution in [0.25, 0.3) is 0 Å². The molecule has 0 bridgehead atoms. The van der Waals surface area contributed by atoms with Crippen molar-refractivity contribution in [1.82, 2.24) is 5.32 Å². The Kier molecular flexibility index (Phi) is 3.31. The maximum atomic E-state index is 5.74. The highest BCUT2D eigenvalue weighted by Crippen LogP contribution is 2.32. The van der Waals surface area contributed by atoms with Gasteiger partial charge in [-0.1, -0.05) is 0 Å². The summed E-state index contributed by atoms with van der Waals surface area (Å²) in [5.74, 6) is 1.62. The van der Waals surface area contributed by atoms with Crippen LogP contribution in [0.5, 0.6) is 11.5 Å². The number of ether oxygens (including phenoxy) is 3. The van der Waals surface area contributed by atoms with Gasteiger partial charge in [-0.25, -0.2) is 0 Å². The predicted octanol–water partition coefficient (Wildman–Crippen LogP) is 1.71. The zero-order valence-corrected chi connectivity index (χ0v) is 9.82. The Morgan fingerprint density at radius 2 is 2.12 bits per heavy atom. The Balaban J connectivity index is 2.29. The highest BCUT2D eigenvalue weighted by atomic mass is 16.5. The minimum atomic E-state index is -0.111. The van der Waals surface area contributed by atoms with Crippen LogP contribution in [0.3, 0.4) is 0 Å². The Morgan fingerprint density at radius 3 is 2.69 bits per heavy atom. The second-order valence-corrected chi connectivity index (χ2v) is 3.84. The fourth-order valence-electron chi connectivity index (χ4n) is 1.83. The van der Waals surface area contributed by atoms with Gasteiger partial charge in [0, 0.05) is 12.1 Å². The van der Waals surface area contributed by atoms with E-state index >= 15 is 0 Å². The summed E-state index contributed by atoms with van der Waals surface area (Å²) in [5, 5.41) is 3.29. The molecule has 1 aliphatic rings. The molecule has 0 saturated carbocycles. The molecule has 1 aromatic carbocycles. The summed E-state index contributed by atoms with van der Waals surface area (Å²) in [4.78, 5) is 0. The quantitative estimate of drug-likeness (QED) is 0.846. The summed E-state index contributed by atoms with van der Waals surface area (Å²) in [6.45, 7) is 2.89. The van der Waals surface area contributed by atoms with Crippen molar-refractivity contribution in [2.45, 2.75) is 19.3 Å². The number of nitrogens with one attached hydrogen (secondary N) is 1. The minimum absolute atomic E-state index is 0.111. The second kappa shape index (κ2) is 4.72. The molecular weight excluding hydrogens is 206 g/mol. The first kappa shape index (κ1) is 11.2. The first-order chi connectivity index (χ1) is 7.74. The van der Waals surface area contributed by atoms with Crippen molar-refractivity contribution in [3.05, 3.63) is 23.8 Å². The van der Waals surface area contributed by atoms with Crippen molar-refractivity contribution in [3.8, 4) is 11.5 Å². The van der Waals surface area contributed by atoms with Crippen molar-refractivity contribution in [2.75, 3.05) is 20.8 Å². The molecule has 2 rings (SSSR count). The van der Waals surface area contributed by atoms with E-state index in [0.29, 0.717) is 0 Å². The summed E-state index contributed by atoms with van der Waals surface area (Å²) in [6, 6.07) is 5.71. The number of benzene rings is 1. The van der Waals surface area contributed by atoms with Crippen molar-refractivity contribution < 1.29 is 14.2 Å². The standard InChI is InChI=1S/C12H17NO3/c1-8-7-13-12(16-8)10-6-9(14-2)4-5-11(10)15-3/h4-6,8,12-13H,7H2,1-3H3. The Labute approximate surface area is 95.5 Å². The first-order valence-electron chi connectivity index (χ1n) is 5.35. The van der Waals surface area contributed by atoms with Crippen LogP contribution in [0.2, 0.25) is 0 Å². The van der Waals surface area contributed by atoms with Crippen molar-refractivity contribution in [3.63, 3.8) is 0 Å². The molecule has 4 heteroatoms. The van der Waals surface area contributed by atoms with E-state index in [4.69, 9.17) is 14.2 Å². The highest BCUT2D eigenvalue weighted by molar-refractivity contribution is 5.41. The topological polar surface area (TPSA) is 39.7 Å². The summed E-state index contributed by atoms with van der Waals surface area (Å²) in [5.41, 5.74) is 0.978. The predicted molar refractivity (Wildman–Crippen MR) is 60.8 cm³/mol. The summed E-state index contributed by atoms with van der Waals surface area (Å²) in [7, 11) is 3.31. The van der Waals surface area contributed by atoms with Crippen LogP contribution in [0.4, 0.5) is 0 Å². The molecule has 0 spiro atoms. The van der Waals surface area contributed by atoms with E-state index < -0.39 is 0 Å². The smallest absolute Gasteiger partial charge is 0.138 e. The third kappa shape index (κ3) is 2.13. The second-order valence-electron chi connectivity index (χ2n) is 3.84. The fourth-order valence-corrected chi connectivity index (χ4v) is 1.83. The zero-order valence-electron chi connectivity index (χ0n) is 9.82. The molecule has 1 saturated heterocycles. The zero-order chi connectivity index (χ0) is 11.5. The normalized spacial score (nSPS) is 24.4. The minimum Gasteiger partial charge on any atom is -0.497 e. The molecular formula is C12H17NO3. The van der Waals surface area contributed by atoms with Crippen LogP contribution >= 0.6 is 0 Å². The van der Waals surface area contributed by atoms with Crippen LogP contribution in [0, 0.1) is 0 Å². The lowest BCUT2D eigenvalue weighted by Gasteiger charge is -2.16. The Hall–Kier alpha value is -1.26. The average molecular weight is 223 g/mol. The molecule has 1 aliphatic heterocycles. The monoisotopic (exact) mass is 223 g/mol. The molecule has 2 unspecified atom stereocenters. The van der Waals surface area contributed by atoms with Gasteiger partial charge in [0.15, 0.2) is 0 Å². The van der Waals surface area contributed by atoms with Crippen LogP contribution in [0.1, 0.15) is 18.7 Å². The van der Waals surface area contributed by atoms with E-state index in [2.05, 4.69) is 5.32 Å². The number of hydrogen-bond donors (Lipinski definition) is 1. The third-order valence-electron chi connectivity index (χ3n) is 2.68. The number of rotatable bonds is 3. The van der Waals surface area contributed by atoms with Crippen molar-refractivity contribution in [1.29, 1.82) is 0 Å². The third-order valence-corrected chi connectivity index (χ3v) is 2.68. The largest absolute Gasteiger partial charge is 0.497 e. The van der Waals surface area contributed by atoms with Gasteiger partial charge < -0.3 is 14.2 Å². The SMILES string of the molecule is COc1ccc(OC)c(C2NCC(C)O2)c1. The van der Waals surface area contributed by atoms with Gasteiger partial charge in [0.1, 0.15) is 17.7 Å². The van der Waals surface area contributed by atoms with Gasteiger partial charge in [0.2, 0.25) is 0 Å². The molecule has 1 N–H and O–H groups in total. The average Bonchev–Trinajstić information content (AvgIpc) is 2.75. The van der Waals surface area contributed by atoms with Gasteiger partial charge in [-0.15, -0.1) is 0 Å². The molecule has 0 amide bonds. The van der Waals surface area contributed by atoms with Crippen LogP contribution in [0.15, 0.2) is 18.2 Å². The molecule has 0 aromatic heterocycles. The van der Waals surface area contributed by atoms with Gasteiger partial charge >= 0.3 is 0 Å². The van der Waals surface area contributed by atoms with E-state index in [1.807, 2.05) is 25.1 Å². The molecule has 0 radical (unpaired) electrons. The highest BCUT2D eigenvalue weighted by Gasteiger charge is 2.25. The molecule has 1 heterocycles. The summed E-state index contributed by atoms with van der Waals surface area (Å²) >= 11 is 0. The molecule has 0 aliphatic carbocycles. The number of hydrogen-bond acceptors (Lipinski definition) is 4. The Bertz CT molecular complexity index is 367. The lowest BCUT2D eigenvalue weighted by atomic mass is 10.1. The van der Waals surface area contributed by atoms with Gasteiger partial charge in [0.05, 0.1) is 20.3 Å². The maximum Gasteiger partial charge on any atom is 0.138 e. The van der Waals surface area contributed by atoms with Gasteiger partial charge in [-0.2, -0.15) is 0 Å². The van der Waals surface area contributed by atoms with Crippen LogP contribution in [-0.2, 0) is 4.74 Å². The fraction of sp³-hybridized carbons (Fsp3) is 0.500. The summed E-state index contributed by atoms with van der Waals surface area (Å²) < 4.78 is 16.3. The van der Waals surface area contributed by atoms with E-state index in [9.17, 15) is 0 Å². The summed E-state index contributed by atoms with van der Waals surface area (Å²) in [6.07, 6.45) is 0.112. The van der Waals surface area contributed by atoms with Gasteiger partial charge in [0.25, 0.3) is 0 Å². The van der Waals surface area contributed by atoms with Crippen LogP contribution in [-0.4, -0.2) is 26.9 Å². The lowest BCUT2D eigenvalue weighted by Crippen LogP contribution is -2.15. The van der Waals surface area contributed by atoms with E-state index in [1.54, 1.807) is 14.2 Å². The van der Waals surface area contributed by atoms with E-state index in [1.165, 1.54) is 0 Å². The van der Waals surface area contributed by atoms with E-state index in [-0.39, 0.29) is 12.3 Å². The number of methoxy groups -OCH3 is 2. The van der Waals surface area contributed by atoms with Gasteiger partial charge in [-0.3, -0.25) is 5.32 Å². The Morgan fingerprint density at radius 1 is 1.31 bits per heavy atom. The molecule has 16 heavy (non-hydrogen) atoms. The van der Waals surface area contributed by atoms with Gasteiger partial charge in [-0.05, 0) is 25.1 Å². The molecule has 1 fully saturated rings. The van der Waals surface area contributed by atoms with Crippen molar-refractivity contribution >= 4 is 0 Å². The van der Waals surface area contributed by atoms with Crippen LogP contribution < -0.4 is 14.8 Å². The van der Waals surface area contributed by atoms with E-state index in [0.717, 1.165) is 23.6 Å². The molecule has 2 atom stereocenters. The molecule has 88 valence electrons. The molecule has 1 aromatic rings. The van der Waals surface area contributed by atoms with Crippen molar-refractivity contribution in [2.24, 2.45) is 0 Å². The lowest BCUT2D eigenvalue weighted by molar-refractivity contribution is 0.0494. The first-order valence-corrected chi connectivity index (χ1v) is 5.35.